The minimum Gasteiger partial charge on any atom is -0.490 e. The third kappa shape index (κ3) is 5.47. The van der Waals surface area contributed by atoms with Crippen LogP contribution in [0.3, 0.4) is 0 Å². The molecule has 7 nitrogen and oxygen atoms in total. The molecule has 0 aliphatic rings. The van der Waals surface area contributed by atoms with E-state index >= 15 is 0 Å². The summed E-state index contributed by atoms with van der Waals surface area (Å²) < 4.78 is 13.0. The van der Waals surface area contributed by atoms with Gasteiger partial charge in [-0.15, -0.1) is 0 Å². The quantitative estimate of drug-likeness (QED) is 0.705. The second kappa shape index (κ2) is 9.79. The molecule has 0 saturated heterocycles. The first-order chi connectivity index (χ1) is 12.5. The highest BCUT2D eigenvalue weighted by molar-refractivity contribution is 5.76. The fourth-order valence-corrected chi connectivity index (χ4v) is 2.71. The molecule has 1 atom stereocenters. The SMILES string of the molecule is CCOc1ccc(C(NC(=O)CCn2cncn2)C(C)C)cc1OCC. The summed E-state index contributed by atoms with van der Waals surface area (Å²) >= 11 is 0. The zero-order chi connectivity index (χ0) is 18.9. The molecule has 1 amide bonds. The third-order valence-corrected chi connectivity index (χ3v) is 3.94. The van der Waals surface area contributed by atoms with Crippen molar-refractivity contribution in [3.05, 3.63) is 36.4 Å². The molecule has 0 aliphatic heterocycles. The van der Waals surface area contributed by atoms with Gasteiger partial charge in [0.25, 0.3) is 0 Å². The van der Waals surface area contributed by atoms with Crippen molar-refractivity contribution in [3.8, 4) is 11.5 Å². The van der Waals surface area contributed by atoms with Crippen molar-refractivity contribution in [2.24, 2.45) is 5.92 Å². The Morgan fingerprint density at radius 1 is 1.19 bits per heavy atom. The van der Waals surface area contributed by atoms with Crippen molar-refractivity contribution < 1.29 is 14.3 Å². The van der Waals surface area contributed by atoms with Crippen LogP contribution in [0.15, 0.2) is 30.9 Å². The molecule has 0 saturated carbocycles. The zero-order valence-corrected chi connectivity index (χ0v) is 15.9. The molecule has 1 aromatic carbocycles. The van der Waals surface area contributed by atoms with Gasteiger partial charge in [-0.2, -0.15) is 5.10 Å². The number of carbonyl (C=O) groups is 1. The van der Waals surface area contributed by atoms with Crippen LogP contribution >= 0.6 is 0 Å². The number of aromatic nitrogens is 3. The number of amides is 1. The summed E-state index contributed by atoms with van der Waals surface area (Å²) in [6, 6.07) is 5.74. The normalized spacial score (nSPS) is 12.0. The first-order valence-corrected chi connectivity index (χ1v) is 9.06. The van der Waals surface area contributed by atoms with Crippen molar-refractivity contribution >= 4 is 5.91 Å². The molecule has 0 spiro atoms. The number of nitrogens with one attached hydrogen (secondary N) is 1. The van der Waals surface area contributed by atoms with E-state index in [4.69, 9.17) is 9.47 Å². The number of aryl methyl sites for hydroxylation is 1. The second-order valence-corrected chi connectivity index (χ2v) is 6.27. The number of carbonyl (C=O) groups excluding carboxylic acids is 1. The minimum atomic E-state index is -0.104. The van der Waals surface area contributed by atoms with Gasteiger partial charge in [-0.1, -0.05) is 19.9 Å². The largest absolute Gasteiger partial charge is 0.490 e. The number of rotatable bonds is 10. The van der Waals surface area contributed by atoms with E-state index in [9.17, 15) is 4.79 Å². The fourth-order valence-electron chi connectivity index (χ4n) is 2.71. The van der Waals surface area contributed by atoms with Crippen molar-refractivity contribution in [2.75, 3.05) is 13.2 Å². The van der Waals surface area contributed by atoms with Crippen LogP contribution in [0.1, 0.15) is 45.7 Å². The van der Waals surface area contributed by atoms with Gasteiger partial charge in [0.05, 0.1) is 25.8 Å². The standard InChI is InChI=1S/C19H28N4O3/c1-5-25-16-8-7-15(11-17(16)26-6-2)19(14(3)4)22-18(24)9-10-23-13-20-12-21-23/h7-8,11-14,19H,5-6,9-10H2,1-4H3,(H,22,24). The van der Waals surface area contributed by atoms with Crippen LogP contribution in [0.25, 0.3) is 0 Å². The molecule has 142 valence electrons. The van der Waals surface area contributed by atoms with Crippen molar-refractivity contribution in [1.82, 2.24) is 20.1 Å². The monoisotopic (exact) mass is 360 g/mol. The predicted molar refractivity (Wildman–Crippen MR) is 99.1 cm³/mol. The highest BCUT2D eigenvalue weighted by Crippen LogP contribution is 2.33. The average Bonchev–Trinajstić information content (AvgIpc) is 3.13. The van der Waals surface area contributed by atoms with Crippen molar-refractivity contribution in [3.63, 3.8) is 0 Å². The van der Waals surface area contributed by atoms with Gasteiger partial charge in [-0.3, -0.25) is 9.48 Å². The van der Waals surface area contributed by atoms with Gasteiger partial charge in [-0.25, -0.2) is 4.98 Å². The molecule has 1 heterocycles. The van der Waals surface area contributed by atoms with E-state index in [1.165, 1.54) is 6.33 Å². The molecular weight excluding hydrogens is 332 g/mol. The summed E-state index contributed by atoms with van der Waals surface area (Å²) in [7, 11) is 0. The lowest BCUT2D eigenvalue weighted by atomic mass is 9.95. The van der Waals surface area contributed by atoms with Crippen LogP contribution in [0.2, 0.25) is 0 Å². The van der Waals surface area contributed by atoms with Gasteiger partial charge in [-0.05, 0) is 37.5 Å². The Labute approximate surface area is 154 Å². The highest BCUT2D eigenvalue weighted by atomic mass is 16.5. The van der Waals surface area contributed by atoms with Crippen LogP contribution in [0.4, 0.5) is 0 Å². The molecule has 7 heteroatoms. The van der Waals surface area contributed by atoms with Crippen molar-refractivity contribution in [2.45, 2.75) is 46.7 Å². The van der Waals surface area contributed by atoms with Gasteiger partial charge >= 0.3 is 0 Å². The Morgan fingerprint density at radius 3 is 2.54 bits per heavy atom. The van der Waals surface area contributed by atoms with E-state index in [0.29, 0.717) is 31.9 Å². The smallest absolute Gasteiger partial charge is 0.222 e. The van der Waals surface area contributed by atoms with Crippen LogP contribution in [-0.2, 0) is 11.3 Å². The van der Waals surface area contributed by atoms with E-state index in [1.807, 2.05) is 32.0 Å². The van der Waals surface area contributed by atoms with Crippen LogP contribution in [0, 0.1) is 5.92 Å². The first kappa shape index (κ1) is 19.8. The van der Waals surface area contributed by atoms with E-state index in [2.05, 4.69) is 29.2 Å². The van der Waals surface area contributed by atoms with Gasteiger partial charge in [0, 0.05) is 6.42 Å². The molecule has 1 aromatic heterocycles. The van der Waals surface area contributed by atoms with Gasteiger partial charge in [0.15, 0.2) is 11.5 Å². The summed E-state index contributed by atoms with van der Waals surface area (Å²) in [5.41, 5.74) is 1.00. The van der Waals surface area contributed by atoms with E-state index < -0.39 is 0 Å². The lowest BCUT2D eigenvalue weighted by Gasteiger charge is -2.24. The fraction of sp³-hybridized carbons (Fsp3) is 0.526. The molecule has 1 N–H and O–H groups in total. The number of ether oxygens (including phenoxy) is 2. The Balaban J connectivity index is 2.10. The van der Waals surface area contributed by atoms with Crippen molar-refractivity contribution in [1.29, 1.82) is 0 Å². The number of hydrogen-bond acceptors (Lipinski definition) is 5. The van der Waals surface area contributed by atoms with Crippen LogP contribution < -0.4 is 14.8 Å². The van der Waals surface area contributed by atoms with Gasteiger partial charge in [0.1, 0.15) is 12.7 Å². The molecule has 26 heavy (non-hydrogen) atoms. The molecule has 0 radical (unpaired) electrons. The van der Waals surface area contributed by atoms with E-state index in [0.717, 1.165) is 11.3 Å². The lowest BCUT2D eigenvalue weighted by molar-refractivity contribution is -0.122. The zero-order valence-electron chi connectivity index (χ0n) is 15.9. The summed E-state index contributed by atoms with van der Waals surface area (Å²) in [6.45, 7) is 9.68. The van der Waals surface area contributed by atoms with Crippen LogP contribution in [-0.4, -0.2) is 33.9 Å². The molecule has 0 fully saturated rings. The maximum atomic E-state index is 12.4. The predicted octanol–water partition coefficient (Wildman–Crippen LogP) is 2.98. The summed E-state index contributed by atoms with van der Waals surface area (Å²) in [4.78, 5) is 16.3. The van der Waals surface area contributed by atoms with E-state index in [1.54, 1.807) is 11.0 Å². The second-order valence-electron chi connectivity index (χ2n) is 6.27. The molecule has 1 unspecified atom stereocenters. The Hall–Kier alpha value is -2.57. The maximum Gasteiger partial charge on any atom is 0.222 e. The van der Waals surface area contributed by atoms with Crippen LogP contribution in [0.5, 0.6) is 11.5 Å². The van der Waals surface area contributed by atoms with E-state index in [-0.39, 0.29) is 17.9 Å². The average molecular weight is 360 g/mol. The highest BCUT2D eigenvalue weighted by Gasteiger charge is 2.20. The summed E-state index contributed by atoms with van der Waals surface area (Å²) in [6.07, 6.45) is 3.42. The summed E-state index contributed by atoms with van der Waals surface area (Å²) in [5, 5.41) is 7.13. The maximum absolute atomic E-state index is 12.4. The Kier molecular flexibility index (Phi) is 7.44. The third-order valence-electron chi connectivity index (χ3n) is 3.94. The number of hydrogen-bond donors (Lipinski definition) is 1. The summed E-state index contributed by atoms with van der Waals surface area (Å²) in [5.74, 6) is 1.64. The molecule has 0 aliphatic carbocycles. The molecule has 0 bridgehead atoms. The molecular formula is C19H28N4O3. The topological polar surface area (TPSA) is 78.3 Å². The lowest BCUT2D eigenvalue weighted by Crippen LogP contribution is -2.32. The molecule has 2 aromatic rings. The number of benzene rings is 1. The molecule has 2 rings (SSSR count). The Morgan fingerprint density at radius 2 is 1.92 bits per heavy atom. The minimum absolute atomic E-state index is 0.0222. The van der Waals surface area contributed by atoms with Gasteiger partial charge in [0.2, 0.25) is 5.91 Å². The van der Waals surface area contributed by atoms with Gasteiger partial charge < -0.3 is 14.8 Å². The number of nitrogens with zero attached hydrogens (tertiary/aromatic N) is 3. The first-order valence-electron chi connectivity index (χ1n) is 9.06. The Bertz CT molecular complexity index is 686.